The Kier molecular flexibility index (Phi) is 7.12. The molecule has 3 N–H and O–H groups in total. The van der Waals surface area contributed by atoms with Gasteiger partial charge in [-0.05, 0) is 44.5 Å². The summed E-state index contributed by atoms with van der Waals surface area (Å²) in [4.78, 5) is 12.5. The Bertz CT molecular complexity index is 1070. The summed E-state index contributed by atoms with van der Waals surface area (Å²) in [6.45, 7) is 5.89. The maximum atomic E-state index is 12.5. The highest BCUT2D eigenvalue weighted by atomic mass is 35.5. The van der Waals surface area contributed by atoms with Gasteiger partial charge in [-0.25, -0.2) is 4.68 Å². The summed E-state index contributed by atoms with van der Waals surface area (Å²) in [7, 11) is 0. The number of hydrogen-bond acceptors (Lipinski definition) is 6. The summed E-state index contributed by atoms with van der Waals surface area (Å²) in [5.41, 5.74) is 2.63. The number of benzene rings is 2. The molecule has 0 aliphatic heterocycles. The van der Waals surface area contributed by atoms with Crippen molar-refractivity contribution in [2.24, 2.45) is 0 Å². The summed E-state index contributed by atoms with van der Waals surface area (Å²) in [5, 5.41) is 11.4. The zero-order valence-corrected chi connectivity index (χ0v) is 19.0. The first-order valence-corrected chi connectivity index (χ1v) is 10.7. The standard InChI is InChI=1S/C20H21Cl2N5O2S/c1-11-7-8-16(12(2)9-11)29-10-17-25-26-20(27(17)23)30-13(3)19(28)24-15-6-4-5-14(21)18(15)22/h4-9,13H,10,23H2,1-3H3,(H,24,28)/t13-/m0/s1. The summed E-state index contributed by atoms with van der Waals surface area (Å²) in [5.74, 6) is 7.03. The Morgan fingerprint density at radius 1 is 1.27 bits per heavy atom. The smallest absolute Gasteiger partial charge is 0.237 e. The van der Waals surface area contributed by atoms with Gasteiger partial charge in [-0.3, -0.25) is 4.79 Å². The summed E-state index contributed by atoms with van der Waals surface area (Å²) in [6, 6.07) is 11.0. The fourth-order valence-electron chi connectivity index (χ4n) is 2.64. The number of nitrogen functional groups attached to an aromatic ring is 1. The van der Waals surface area contributed by atoms with Crippen molar-refractivity contribution in [3.8, 4) is 5.75 Å². The highest BCUT2D eigenvalue weighted by Crippen LogP contribution is 2.30. The van der Waals surface area contributed by atoms with E-state index in [-0.39, 0.29) is 17.5 Å². The molecule has 1 heterocycles. The molecule has 0 spiro atoms. The molecule has 3 aromatic rings. The Balaban J connectivity index is 1.62. The Morgan fingerprint density at radius 3 is 2.77 bits per heavy atom. The summed E-state index contributed by atoms with van der Waals surface area (Å²) < 4.78 is 7.13. The fourth-order valence-corrected chi connectivity index (χ4v) is 3.77. The minimum atomic E-state index is -0.500. The van der Waals surface area contributed by atoms with Crippen LogP contribution in [0.1, 0.15) is 23.9 Å². The van der Waals surface area contributed by atoms with Crippen molar-refractivity contribution in [1.82, 2.24) is 14.9 Å². The van der Waals surface area contributed by atoms with Crippen LogP contribution in [0.25, 0.3) is 0 Å². The van der Waals surface area contributed by atoms with E-state index in [1.165, 1.54) is 16.4 Å². The number of carbonyl (C=O) groups is 1. The quantitative estimate of drug-likeness (QED) is 0.390. The van der Waals surface area contributed by atoms with Gasteiger partial charge in [0.1, 0.15) is 12.4 Å². The number of rotatable bonds is 7. The van der Waals surface area contributed by atoms with Crippen LogP contribution in [0.2, 0.25) is 10.0 Å². The number of aromatic nitrogens is 3. The largest absolute Gasteiger partial charge is 0.485 e. The first-order chi connectivity index (χ1) is 14.3. The van der Waals surface area contributed by atoms with Crippen LogP contribution in [0, 0.1) is 13.8 Å². The van der Waals surface area contributed by atoms with Crippen molar-refractivity contribution in [2.75, 3.05) is 11.2 Å². The molecule has 0 saturated carbocycles. The van der Waals surface area contributed by atoms with E-state index in [1.54, 1.807) is 25.1 Å². The van der Waals surface area contributed by atoms with E-state index in [1.807, 2.05) is 32.0 Å². The van der Waals surface area contributed by atoms with Crippen molar-refractivity contribution in [1.29, 1.82) is 0 Å². The van der Waals surface area contributed by atoms with Crippen molar-refractivity contribution >= 4 is 46.6 Å². The Hall–Kier alpha value is -2.42. The topological polar surface area (TPSA) is 95.1 Å². The number of thioether (sulfide) groups is 1. The molecule has 10 heteroatoms. The van der Waals surface area contributed by atoms with E-state index in [0.29, 0.717) is 21.7 Å². The molecule has 7 nitrogen and oxygen atoms in total. The van der Waals surface area contributed by atoms with Gasteiger partial charge in [-0.1, -0.05) is 58.7 Å². The normalized spacial score (nSPS) is 11.9. The average Bonchev–Trinajstić information content (AvgIpc) is 3.04. The molecule has 1 aromatic heterocycles. The van der Waals surface area contributed by atoms with E-state index in [9.17, 15) is 4.79 Å². The van der Waals surface area contributed by atoms with E-state index in [0.717, 1.165) is 16.9 Å². The predicted molar refractivity (Wildman–Crippen MR) is 121 cm³/mol. The van der Waals surface area contributed by atoms with Crippen LogP contribution in [0.15, 0.2) is 41.6 Å². The van der Waals surface area contributed by atoms with E-state index < -0.39 is 5.25 Å². The van der Waals surface area contributed by atoms with Gasteiger partial charge in [-0.15, -0.1) is 10.2 Å². The van der Waals surface area contributed by atoms with Gasteiger partial charge >= 0.3 is 0 Å². The number of carbonyl (C=O) groups excluding carboxylic acids is 1. The van der Waals surface area contributed by atoms with E-state index in [2.05, 4.69) is 15.5 Å². The molecule has 158 valence electrons. The second kappa shape index (κ2) is 9.59. The van der Waals surface area contributed by atoms with Crippen LogP contribution in [0.5, 0.6) is 5.75 Å². The number of nitrogens with one attached hydrogen (secondary N) is 1. The molecule has 1 atom stereocenters. The zero-order chi connectivity index (χ0) is 21.8. The first-order valence-electron chi connectivity index (χ1n) is 9.07. The van der Waals surface area contributed by atoms with Gasteiger partial charge < -0.3 is 15.9 Å². The number of hydrogen-bond donors (Lipinski definition) is 2. The van der Waals surface area contributed by atoms with Gasteiger partial charge in [0.2, 0.25) is 11.1 Å². The number of halogens is 2. The molecular formula is C20H21Cl2N5O2S. The lowest BCUT2D eigenvalue weighted by atomic mass is 10.1. The SMILES string of the molecule is Cc1ccc(OCc2nnc(S[C@@H](C)C(=O)Nc3cccc(Cl)c3Cl)n2N)c(C)c1. The number of nitrogens with two attached hydrogens (primary N) is 1. The van der Waals surface area contributed by atoms with Crippen molar-refractivity contribution in [2.45, 2.75) is 37.8 Å². The molecule has 1 amide bonds. The third-order valence-electron chi connectivity index (χ3n) is 4.28. The third kappa shape index (κ3) is 5.19. The summed E-state index contributed by atoms with van der Waals surface area (Å²) in [6.07, 6.45) is 0. The number of anilines is 1. The average molecular weight is 466 g/mol. The van der Waals surface area contributed by atoms with Crippen LogP contribution < -0.4 is 15.9 Å². The number of aryl methyl sites for hydroxylation is 2. The van der Waals surface area contributed by atoms with Crippen molar-refractivity contribution < 1.29 is 9.53 Å². The highest BCUT2D eigenvalue weighted by molar-refractivity contribution is 8.00. The Labute approximate surface area is 188 Å². The molecule has 30 heavy (non-hydrogen) atoms. The molecule has 0 aliphatic carbocycles. The maximum absolute atomic E-state index is 12.5. The highest BCUT2D eigenvalue weighted by Gasteiger charge is 2.21. The van der Waals surface area contributed by atoms with E-state index in [4.69, 9.17) is 33.8 Å². The zero-order valence-electron chi connectivity index (χ0n) is 16.6. The van der Waals surface area contributed by atoms with Crippen LogP contribution in [-0.4, -0.2) is 26.0 Å². The maximum Gasteiger partial charge on any atom is 0.237 e. The van der Waals surface area contributed by atoms with Crippen molar-refractivity contribution in [3.05, 3.63) is 63.4 Å². The fraction of sp³-hybridized carbons (Fsp3) is 0.250. The minimum absolute atomic E-state index is 0.159. The molecule has 0 aliphatic rings. The number of amides is 1. The second-order valence-corrected chi connectivity index (χ2v) is 8.77. The third-order valence-corrected chi connectivity index (χ3v) is 6.16. The molecule has 0 bridgehead atoms. The molecule has 0 fully saturated rings. The molecule has 2 aromatic carbocycles. The van der Waals surface area contributed by atoms with Crippen LogP contribution >= 0.6 is 35.0 Å². The number of ether oxygens (including phenoxy) is 1. The van der Waals surface area contributed by atoms with Gasteiger partial charge in [0.15, 0.2) is 5.82 Å². The van der Waals surface area contributed by atoms with Gasteiger partial charge in [0.25, 0.3) is 0 Å². The molecule has 0 radical (unpaired) electrons. The lowest BCUT2D eigenvalue weighted by Gasteiger charge is -2.13. The Morgan fingerprint density at radius 2 is 2.03 bits per heavy atom. The lowest BCUT2D eigenvalue weighted by Crippen LogP contribution is -2.24. The molecule has 0 unspecified atom stereocenters. The van der Waals surface area contributed by atoms with Crippen molar-refractivity contribution in [3.63, 3.8) is 0 Å². The molecule has 3 rings (SSSR count). The molecular weight excluding hydrogens is 445 g/mol. The second-order valence-electron chi connectivity index (χ2n) is 6.68. The number of nitrogens with zero attached hydrogens (tertiary/aromatic N) is 3. The monoisotopic (exact) mass is 465 g/mol. The van der Waals surface area contributed by atoms with Crippen LogP contribution in [0.4, 0.5) is 5.69 Å². The summed E-state index contributed by atoms with van der Waals surface area (Å²) >= 11 is 13.3. The van der Waals surface area contributed by atoms with Crippen LogP contribution in [-0.2, 0) is 11.4 Å². The van der Waals surface area contributed by atoms with Gasteiger partial charge in [0, 0.05) is 0 Å². The minimum Gasteiger partial charge on any atom is -0.485 e. The van der Waals surface area contributed by atoms with Gasteiger partial charge in [0.05, 0.1) is 21.0 Å². The predicted octanol–water partition coefficient (Wildman–Crippen LogP) is 4.61. The molecule has 0 saturated heterocycles. The first kappa shape index (κ1) is 22.3. The lowest BCUT2D eigenvalue weighted by molar-refractivity contribution is -0.115. The van der Waals surface area contributed by atoms with Gasteiger partial charge in [-0.2, -0.15) is 0 Å². The van der Waals surface area contributed by atoms with Crippen LogP contribution in [0.3, 0.4) is 0 Å². The van der Waals surface area contributed by atoms with E-state index >= 15 is 0 Å².